The molecule has 0 atom stereocenters. The highest BCUT2D eigenvalue weighted by molar-refractivity contribution is 7.99. The summed E-state index contributed by atoms with van der Waals surface area (Å²) in [6, 6.07) is 8.44. The fraction of sp³-hybridized carbons (Fsp3) is 0.294. The summed E-state index contributed by atoms with van der Waals surface area (Å²) in [6.45, 7) is 1.98. The Hall–Kier alpha value is -1.79. The molecule has 1 aromatic rings. The van der Waals surface area contributed by atoms with E-state index in [2.05, 4.69) is 66.7 Å². The maximum Gasteiger partial charge on any atom is 0.104 e. The molecular formula is C17H16OS. The van der Waals surface area contributed by atoms with Crippen molar-refractivity contribution in [2.75, 3.05) is 12.4 Å². The van der Waals surface area contributed by atoms with Gasteiger partial charge in [0.25, 0.3) is 0 Å². The number of benzene rings is 1. The molecule has 96 valence electrons. The van der Waals surface area contributed by atoms with Crippen molar-refractivity contribution >= 4 is 11.8 Å². The zero-order chi connectivity index (χ0) is 13.8. The van der Waals surface area contributed by atoms with Crippen LogP contribution < -0.4 is 0 Å². The molecule has 1 N–H and O–H groups in total. The Balaban J connectivity index is 2.19. The number of rotatable bonds is 2. The molecule has 0 radical (unpaired) electrons. The first-order valence-electron chi connectivity index (χ1n) is 6.00. The van der Waals surface area contributed by atoms with Gasteiger partial charge in [0.1, 0.15) is 6.61 Å². The van der Waals surface area contributed by atoms with Crippen LogP contribution in [-0.4, -0.2) is 17.5 Å². The first-order valence-corrected chi connectivity index (χ1v) is 6.99. The lowest BCUT2D eigenvalue weighted by Crippen LogP contribution is -1.76. The molecule has 0 aliphatic rings. The van der Waals surface area contributed by atoms with Gasteiger partial charge in [0, 0.05) is 4.90 Å². The van der Waals surface area contributed by atoms with Crippen molar-refractivity contribution < 1.29 is 5.11 Å². The van der Waals surface area contributed by atoms with Gasteiger partial charge in [0.2, 0.25) is 0 Å². The van der Waals surface area contributed by atoms with Crippen molar-refractivity contribution in [2.24, 2.45) is 0 Å². The molecule has 1 rings (SSSR count). The molecule has 1 aromatic carbocycles. The summed E-state index contributed by atoms with van der Waals surface area (Å²) in [5.74, 6) is 18.0. The topological polar surface area (TPSA) is 20.2 Å². The monoisotopic (exact) mass is 268 g/mol. The van der Waals surface area contributed by atoms with Crippen molar-refractivity contribution in [3.63, 3.8) is 0 Å². The average molecular weight is 268 g/mol. The second-order valence-electron chi connectivity index (χ2n) is 3.67. The molecule has 0 aromatic heterocycles. The van der Waals surface area contributed by atoms with Crippen molar-refractivity contribution in [3.05, 3.63) is 29.8 Å². The smallest absolute Gasteiger partial charge is 0.104 e. The van der Waals surface area contributed by atoms with E-state index in [0.29, 0.717) is 12.8 Å². The lowest BCUT2D eigenvalue weighted by molar-refractivity contribution is 0.350. The average Bonchev–Trinajstić information content (AvgIpc) is 2.43. The Morgan fingerprint density at radius 3 is 2.11 bits per heavy atom. The third kappa shape index (κ3) is 8.01. The quantitative estimate of drug-likeness (QED) is 0.657. The Morgan fingerprint density at radius 1 is 0.895 bits per heavy atom. The Labute approximate surface area is 119 Å². The van der Waals surface area contributed by atoms with Gasteiger partial charge in [-0.25, -0.2) is 0 Å². The van der Waals surface area contributed by atoms with Crippen LogP contribution in [0.3, 0.4) is 0 Å². The zero-order valence-electron chi connectivity index (χ0n) is 11.0. The molecule has 0 unspecified atom stereocenters. The predicted octanol–water partition coefficient (Wildman–Crippen LogP) is 2.87. The van der Waals surface area contributed by atoms with Crippen LogP contribution in [-0.2, 0) is 0 Å². The molecule has 1 nitrogen and oxygen atoms in total. The SMILES string of the molecule is Cc1ccc(SCC#CCC#CCC#CCO)cc1. The van der Waals surface area contributed by atoms with Crippen LogP contribution in [0.5, 0.6) is 0 Å². The van der Waals surface area contributed by atoms with Gasteiger partial charge >= 0.3 is 0 Å². The van der Waals surface area contributed by atoms with Crippen LogP contribution >= 0.6 is 11.8 Å². The lowest BCUT2D eigenvalue weighted by Gasteiger charge is -1.96. The maximum absolute atomic E-state index is 8.43. The minimum absolute atomic E-state index is 0.0995. The van der Waals surface area contributed by atoms with Crippen LogP contribution in [0, 0.1) is 42.4 Å². The van der Waals surface area contributed by atoms with Crippen LogP contribution in [0.25, 0.3) is 0 Å². The van der Waals surface area contributed by atoms with E-state index < -0.39 is 0 Å². The second kappa shape index (κ2) is 10.2. The van der Waals surface area contributed by atoms with Gasteiger partial charge in [-0.15, -0.1) is 11.8 Å². The van der Waals surface area contributed by atoms with Crippen LogP contribution in [0.15, 0.2) is 29.2 Å². The second-order valence-corrected chi connectivity index (χ2v) is 4.72. The molecule has 0 amide bonds. The molecule has 19 heavy (non-hydrogen) atoms. The molecule has 0 spiro atoms. The molecule has 0 bridgehead atoms. The van der Waals surface area contributed by atoms with Crippen LogP contribution in [0.1, 0.15) is 18.4 Å². The summed E-state index contributed by atoms with van der Waals surface area (Å²) in [6.07, 6.45) is 1.08. The fourth-order valence-corrected chi connectivity index (χ4v) is 1.87. The third-order valence-corrected chi connectivity index (χ3v) is 3.03. The number of thioether (sulfide) groups is 1. The Bertz CT molecular complexity index is 553. The molecule has 0 aliphatic carbocycles. The molecular weight excluding hydrogens is 252 g/mol. The van der Waals surface area contributed by atoms with Gasteiger partial charge in [-0.1, -0.05) is 53.2 Å². The number of hydrogen-bond acceptors (Lipinski definition) is 2. The van der Waals surface area contributed by atoms with Crippen LogP contribution in [0.4, 0.5) is 0 Å². The largest absolute Gasteiger partial charge is 0.384 e. The zero-order valence-corrected chi connectivity index (χ0v) is 11.8. The van der Waals surface area contributed by atoms with Gasteiger partial charge in [0.15, 0.2) is 0 Å². The fourth-order valence-electron chi connectivity index (χ4n) is 1.20. The number of hydrogen-bond donors (Lipinski definition) is 1. The molecule has 0 fully saturated rings. The van der Waals surface area contributed by atoms with Gasteiger partial charge < -0.3 is 5.11 Å². The highest BCUT2D eigenvalue weighted by atomic mass is 32.2. The molecule has 2 heteroatoms. The van der Waals surface area contributed by atoms with E-state index in [0.717, 1.165) is 5.75 Å². The Kier molecular flexibility index (Phi) is 8.17. The van der Waals surface area contributed by atoms with Crippen LogP contribution in [0.2, 0.25) is 0 Å². The summed E-state index contributed by atoms with van der Waals surface area (Å²) in [4.78, 5) is 1.24. The Morgan fingerprint density at radius 2 is 1.47 bits per heavy atom. The van der Waals surface area contributed by atoms with E-state index in [1.807, 2.05) is 0 Å². The van der Waals surface area contributed by atoms with Crippen molar-refractivity contribution in [2.45, 2.75) is 24.7 Å². The first-order chi connectivity index (χ1) is 9.33. The van der Waals surface area contributed by atoms with Gasteiger partial charge in [-0.05, 0) is 19.1 Å². The van der Waals surface area contributed by atoms with E-state index in [4.69, 9.17) is 5.11 Å². The maximum atomic E-state index is 8.43. The summed E-state index contributed by atoms with van der Waals surface area (Å²) in [5.41, 5.74) is 1.27. The lowest BCUT2D eigenvalue weighted by atomic mass is 10.2. The van der Waals surface area contributed by atoms with E-state index in [-0.39, 0.29) is 6.61 Å². The summed E-state index contributed by atoms with van der Waals surface area (Å²) < 4.78 is 0. The predicted molar refractivity (Wildman–Crippen MR) is 81.6 cm³/mol. The van der Waals surface area contributed by atoms with Gasteiger partial charge in [-0.2, -0.15) is 0 Å². The van der Waals surface area contributed by atoms with Crippen molar-refractivity contribution in [1.82, 2.24) is 0 Å². The van der Waals surface area contributed by atoms with E-state index in [9.17, 15) is 0 Å². The van der Waals surface area contributed by atoms with Gasteiger partial charge in [-0.3, -0.25) is 0 Å². The molecule has 0 saturated heterocycles. The highest BCUT2D eigenvalue weighted by Crippen LogP contribution is 2.17. The summed E-state index contributed by atoms with van der Waals surface area (Å²) >= 11 is 1.73. The van der Waals surface area contributed by atoms with E-state index >= 15 is 0 Å². The first kappa shape index (κ1) is 15.3. The minimum atomic E-state index is -0.0995. The number of aryl methyl sites for hydroxylation is 1. The standard InChI is InChI=1S/C17H16OS/c1-16-10-12-17(13-11-16)19-15-9-7-5-3-2-4-6-8-14-18/h10-13,18H,4-5,14-15H2,1H3. The summed E-state index contributed by atoms with van der Waals surface area (Å²) in [5, 5.41) is 8.43. The van der Waals surface area contributed by atoms with E-state index in [1.54, 1.807) is 11.8 Å². The third-order valence-electron chi connectivity index (χ3n) is 2.14. The normalized spacial score (nSPS) is 8.32. The molecule has 0 heterocycles. The van der Waals surface area contributed by atoms with Gasteiger partial charge in [0.05, 0.1) is 18.6 Å². The van der Waals surface area contributed by atoms with Crippen molar-refractivity contribution in [1.29, 1.82) is 0 Å². The van der Waals surface area contributed by atoms with Crippen molar-refractivity contribution in [3.8, 4) is 35.5 Å². The minimum Gasteiger partial charge on any atom is -0.384 e. The molecule has 0 saturated carbocycles. The highest BCUT2D eigenvalue weighted by Gasteiger charge is 1.90. The number of aliphatic hydroxyl groups is 1. The summed E-state index contributed by atoms with van der Waals surface area (Å²) in [7, 11) is 0. The van der Waals surface area contributed by atoms with E-state index in [1.165, 1.54) is 10.5 Å². The molecule has 0 aliphatic heterocycles. The number of aliphatic hydroxyl groups excluding tert-OH is 1.